The predicted molar refractivity (Wildman–Crippen MR) is 216 cm³/mol. The molecule has 2 unspecified atom stereocenters. The van der Waals surface area contributed by atoms with Crippen LogP contribution in [0.3, 0.4) is 0 Å². The molecule has 0 radical (unpaired) electrons. The van der Waals surface area contributed by atoms with E-state index in [4.69, 9.17) is 0 Å². The van der Waals surface area contributed by atoms with E-state index in [-0.39, 0.29) is 29.5 Å². The summed E-state index contributed by atoms with van der Waals surface area (Å²) in [6.07, 6.45) is 9.32. The quantitative estimate of drug-likeness (QED) is 0.153. The van der Waals surface area contributed by atoms with Crippen LogP contribution in [-0.2, 0) is 40.4 Å². The Hall–Kier alpha value is -6.00. The molecule has 16 heteroatoms. The van der Waals surface area contributed by atoms with Crippen molar-refractivity contribution in [2.24, 2.45) is 0 Å². The number of imide groups is 1. The number of rotatable bonds is 11. The van der Waals surface area contributed by atoms with Crippen molar-refractivity contribution in [1.29, 1.82) is 0 Å². The molecule has 14 nitrogen and oxygen atoms in total. The number of nitrogens with zero attached hydrogens (tertiary/aromatic N) is 7. The standard InChI is InChI=1S/C42H43FN10O4S/c1-50(22-26-4-2-14-44-38(26)47-33-10-11-35(54)48-39(33)55)28-12-17-51(18-13-28)29-8-6-25(7-9-29)27-20-30-31(32(43)21-27)23-53(41(30)57)37(40(56)49-42-45-15-19-58-42)36-34-5-3-16-52(34)24-46-36/h2,4,6-9,14-15,19-21,24,28,33,37H,3,5,10-13,16-18,22-23H2,1H3,(H,44,47)(H,45,49,56)(H,48,54,55). The maximum Gasteiger partial charge on any atom is 0.255 e. The van der Waals surface area contributed by atoms with Crippen LogP contribution in [0.5, 0.6) is 0 Å². The Morgan fingerprint density at radius 2 is 1.83 bits per heavy atom. The molecule has 2 fully saturated rings. The minimum Gasteiger partial charge on any atom is -0.371 e. The van der Waals surface area contributed by atoms with Crippen LogP contribution in [0.4, 0.5) is 21.0 Å². The number of halogens is 1. The molecule has 0 aliphatic carbocycles. The van der Waals surface area contributed by atoms with Crippen LogP contribution in [0, 0.1) is 5.82 Å². The van der Waals surface area contributed by atoms with Crippen molar-refractivity contribution in [3.05, 3.63) is 107 Å². The fourth-order valence-electron chi connectivity index (χ4n) is 8.69. The molecule has 0 spiro atoms. The fourth-order valence-corrected chi connectivity index (χ4v) is 9.22. The number of aromatic nitrogens is 4. The molecule has 4 aliphatic heterocycles. The van der Waals surface area contributed by atoms with Crippen LogP contribution in [-0.4, -0.2) is 85.2 Å². The number of carbonyl (C=O) groups excluding carboxylic acids is 4. The first-order valence-corrected chi connectivity index (χ1v) is 20.6. The zero-order chi connectivity index (χ0) is 39.9. The van der Waals surface area contributed by atoms with Gasteiger partial charge in [-0.25, -0.2) is 19.3 Å². The highest BCUT2D eigenvalue weighted by Gasteiger charge is 2.42. The van der Waals surface area contributed by atoms with Crippen LogP contribution in [0.1, 0.15) is 71.0 Å². The molecule has 2 saturated heterocycles. The Morgan fingerprint density at radius 3 is 2.60 bits per heavy atom. The van der Waals surface area contributed by atoms with E-state index in [2.05, 4.69) is 47.7 Å². The summed E-state index contributed by atoms with van der Waals surface area (Å²) < 4.78 is 17.9. The summed E-state index contributed by atoms with van der Waals surface area (Å²) in [5.74, 6) is -1.25. The number of anilines is 3. The van der Waals surface area contributed by atoms with Gasteiger partial charge in [-0.3, -0.25) is 34.7 Å². The number of benzene rings is 2. The highest BCUT2D eigenvalue weighted by Crippen LogP contribution is 2.38. The first-order valence-electron chi connectivity index (χ1n) is 19.7. The first kappa shape index (κ1) is 37.6. The summed E-state index contributed by atoms with van der Waals surface area (Å²) in [4.78, 5) is 71.3. The smallest absolute Gasteiger partial charge is 0.255 e. The molecular formula is C42H43FN10O4S. The van der Waals surface area contributed by atoms with Gasteiger partial charge in [0.1, 0.15) is 17.7 Å². The van der Waals surface area contributed by atoms with Gasteiger partial charge in [0.2, 0.25) is 11.8 Å². The van der Waals surface area contributed by atoms with E-state index in [0.29, 0.717) is 47.6 Å². The van der Waals surface area contributed by atoms with E-state index < -0.39 is 29.7 Å². The fraction of sp³-hybridized carbons (Fsp3) is 0.357. The van der Waals surface area contributed by atoms with Gasteiger partial charge in [-0.2, -0.15) is 0 Å². The third-order valence-electron chi connectivity index (χ3n) is 11.8. The number of thiazole rings is 1. The van der Waals surface area contributed by atoms with Gasteiger partial charge in [-0.15, -0.1) is 11.3 Å². The van der Waals surface area contributed by atoms with Crippen LogP contribution in [0.15, 0.2) is 72.6 Å². The van der Waals surface area contributed by atoms with Crippen LogP contribution >= 0.6 is 11.3 Å². The molecule has 0 saturated carbocycles. The Kier molecular flexibility index (Phi) is 10.2. The lowest BCUT2D eigenvalue weighted by atomic mass is 9.98. The number of aryl methyl sites for hydroxylation is 1. The number of imidazole rings is 1. The summed E-state index contributed by atoms with van der Waals surface area (Å²) >= 11 is 1.28. The van der Waals surface area contributed by atoms with E-state index in [9.17, 15) is 19.2 Å². The molecular weight excluding hydrogens is 760 g/mol. The molecule has 7 heterocycles. The normalized spacial score (nSPS) is 18.7. The maximum absolute atomic E-state index is 15.9. The monoisotopic (exact) mass is 802 g/mol. The third-order valence-corrected chi connectivity index (χ3v) is 12.5. The number of piperidine rings is 2. The summed E-state index contributed by atoms with van der Waals surface area (Å²) in [7, 11) is 2.11. The molecule has 0 bridgehead atoms. The van der Waals surface area contributed by atoms with Gasteiger partial charge in [-0.1, -0.05) is 18.2 Å². The van der Waals surface area contributed by atoms with Crippen molar-refractivity contribution in [2.45, 2.75) is 76.3 Å². The van der Waals surface area contributed by atoms with Gasteiger partial charge in [-0.05, 0) is 80.6 Å². The summed E-state index contributed by atoms with van der Waals surface area (Å²) in [6, 6.07) is 13.9. The van der Waals surface area contributed by atoms with Gasteiger partial charge in [0.05, 0.1) is 18.6 Å². The Bertz CT molecular complexity index is 2380. The van der Waals surface area contributed by atoms with Crippen molar-refractivity contribution in [1.82, 2.24) is 34.6 Å². The molecule has 3 N–H and O–H groups in total. The SMILES string of the molecule is CN(Cc1cccnc1NC1CCC(=O)NC1=O)C1CCN(c2ccc(-c3cc(F)c4c(c3)C(=O)N(C(C(=O)Nc3nccs3)c3ncn5c3CCC5)C4)cc2)CC1. The number of pyridine rings is 1. The average Bonchev–Trinajstić information content (AvgIpc) is 4.05. The molecule has 4 amide bonds. The van der Waals surface area contributed by atoms with Crippen LogP contribution in [0.25, 0.3) is 11.1 Å². The van der Waals surface area contributed by atoms with Crippen molar-refractivity contribution >= 4 is 51.6 Å². The minimum atomic E-state index is -1.04. The Morgan fingerprint density at radius 1 is 1.00 bits per heavy atom. The van der Waals surface area contributed by atoms with Crippen LogP contribution < -0.4 is 20.9 Å². The summed E-state index contributed by atoms with van der Waals surface area (Å²) in [5.41, 5.74) is 5.38. The van der Waals surface area contributed by atoms with E-state index in [0.717, 1.165) is 67.8 Å². The predicted octanol–water partition coefficient (Wildman–Crippen LogP) is 5.14. The molecule has 3 aromatic heterocycles. The summed E-state index contributed by atoms with van der Waals surface area (Å²) in [5, 5.41) is 10.7. The summed E-state index contributed by atoms with van der Waals surface area (Å²) in [6.45, 7) is 3.13. The molecule has 298 valence electrons. The lowest BCUT2D eigenvalue weighted by molar-refractivity contribution is -0.133. The van der Waals surface area contributed by atoms with Crippen molar-refractivity contribution < 1.29 is 23.6 Å². The van der Waals surface area contributed by atoms with E-state index in [1.165, 1.54) is 22.3 Å². The van der Waals surface area contributed by atoms with Crippen molar-refractivity contribution in [3.63, 3.8) is 0 Å². The highest BCUT2D eigenvalue weighted by atomic mass is 32.1. The van der Waals surface area contributed by atoms with Gasteiger partial charge in [0.15, 0.2) is 11.2 Å². The van der Waals surface area contributed by atoms with Gasteiger partial charge < -0.3 is 19.7 Å². The zero-order valence-corrected chi connectivity index (χ0v) is 32.8. The molecule has 58 heavy (non-hydrogen) atoms. The lowest BCUT2D eigenvalue weighted by Gasteiger charge is -2.38. The van der Waals surface area contributed by atoms with Crippen molar-refractivity contribution in [3.8, 4) is 11.1 Å². The lowest BCUT2D eigenvalue weighted by Crippen LogP contribution is -2.47. The second kappa shape index (κ2) is 15.7. The number of hydrogen-bond donors (Lipinski definition) is 3. The molecule has 4 aliphatic rings. The van der Waals surface area contributed by atoms with Gasteiger partial charge in [0.25, 0.3) is 11.8 Å². The second-order valence-corrected chi connectivity index (χ2v) is 16.3. The third kappa shape index (κ3) is 7.33. The topological polar surface area (TPSA) is 158 Å². The van der Waals surface area contributed by atoms with Gasteiger partial charge in [0, 0.05) is 84.5 Å². The molecule has 2 aromatic carbocycles. The number of carbonyl (C=O) groups is 4. The number of fused-ring (bicyclic) bond motifs is 2. The van der Waals surface area contributed by atoms with Crippen molar-refractivity contribution in [2.75, 3.05) is 35.7 Å². The maximum atomic E-state index is 15.9. The second-order valence-electron chi connectivity index (χ2n) is 15.4. The van der Waals surface area contributed by atoms with E-state index >= 15 is 4.39 Å². The minimum absolute atomic E-state index is 0.0464. The highest BCUT2D eigenvalue weighted by molar-refractivity contribution is 7.13. The number of nitrogens with one attached hydrogen (secondary N) is 3. The zero-order valence-electron chi connectivity index (χ0n) is 32.0. The number of hydrogen-bond acceptors (Lipinski definition) is 11. The molecule has 9 rings (SSSR count). The van der Waals surface area contributed by atoms with E-state index in [1.807, 2.05) is 41.0 Å². The number of amides is 4. The Balaban J connectivity index is 0.854. The largest absolute Gasteiger partial charge is 0.371 e. The average molecular weight is 803 g/mol. The first-order chi connectivity index (χ1) is 28.2. The molecule has 2 atom stereocenters. The Labute approximate surface area is 338 Å². The van der Waals surface area contributed by atoms with E-state index in [1.54, 1.807) is 30.2 Å². The van der Waals surface area contributed by atoms with Gasteiger partial charge >= 0.3 is 0 Å². The van der Waals surface area contributed by atoms with Crippen LogP contribution in [0.2, 0.25) is 0 Å². The molecule has 5 aromatic rings.